The quantitative estimate of drug-likeness (QED) is 0.326. The minimum absolute atomic E-state index is 0.230. The molecule has 1 rings (SSSR count). The zero-order valence-corrected chi connectivity index (χ0v) is 15.6. The summed E-state index contributed by atoms with van der Waals surface area (Å²) in [7, 11) is -4.42. The normalized spacial score (nSPS) is 17.6. The first-order chi connectivity index (χ1) is 11.4. The predicted octanol–water partition coefficient (Wildman–Crippen LogP) is 2.73. The molecule has 1 saturated carbocycles. The average molecular weight is 363 g/mol. The largest absolute Gasteiger partial charge is 0.748 e. The van der Waals surface area contributed by atoms with Crippen LogP contribution in [0.5, 0.6) is 0 Å². The van der Waals surface area contributed by atoms with Crippen LogP contribution in [0.25, 0.3) is 0 Å². The zero-order valence-electron chi connectivity index (χ0n) is 14.8. The van der Waals surface area contributed by atoms with Crippen LogP contribution in [0.3, 0.4) is 0 Å². The first-order valence-electron chi connectivity index (χ1n) is 9.27. The molecule has 0 aromatic heterocycles. The Morgan fingerprint density at radius 2 is 1.83 bits per heavy atom. The van der Waals surface area contributed by atoms with Crippen molar-refractivity contribution >= 4 is 16.1 Å². The van der Waals surface area contributed by atoms with Crippen LogP contribution in [0, 0.1) is 0 Å². The Hall–Kier alpha value is -0.660. The van der Waals surface area contributed by atoms with Crippen molar-refractivity contribution in [1.29, 1.82) is 0 Å². The molecule has 0 spiro atoms. The van der Waals surface area contributed by atoms with Gasteiger partial charge in [0.25, 0.3) is 0 Å². The molecule has 1 aliphatic carbocycles. The molecule has 0 saturated heterocycles. The molecule has 142 valence electrons. The third kappa shape index (κ3) is 11.0. The van der Waals surface area contributed by atoms with E-state index in [0.717, 1.165) is 57.8 Å². The lowest BCUT2D eigenvalue weighted by molar-refractivity contribution is -0.148. The molecule has 0 bridgehead atoms. The number of nitrogens with one attached hydrogen (secondary N) is 1. The van der Waals surface area contributed by atoms with E-state index in [2.05, 4.69) is 12.2 Å². The van der Waals surface area contributed by atoms with Gasteiger partial charge in [-0.2, -0.15) is 0 Å². The molecule has 1 unspecified atom stereocenters. The summed E-state index contributed by atoms with van der Waals surface area (Å²) in [5.41, 5.74) is 0. The molecule has 7 heteroatoms. The van der Waals surface area contributed by atoms with Crippen LogP contribution < -0.4 is 5.32 Å². The number of rotatable bonds is 12. The van der Waals surface area contributed by atoms with Crippen LogP contribution in [-0.2, 0) is 19.6 Å². The summed E-state index contributed by atoms with van der Waals surface area (Å²) in [6.45, 7) is 2.36. The number of esters is 1. The Labute approximate surface area is 146 Å². The summed E-state index contributed by atoms with van der Waals surface area (Å²) in [6, 6.07) is 0.323. The maximum Gasteiger partial charge on any atom is 0.306 e. The van der Waals surface area contributed by atoms with Crippen LogP contribution in [0.1, 0.15) is 77.6 Å². The Bertz CT molecular complexity index is 446. The summed E-state index contributed by atoms with van der Waals surface area (Å²) in [4.78, 5) is 11.9. The van der Waals surface area contributed by atoms with Gasteiger partial charge in [-0.15, -0.1) is 0 Å². The van der Waals surface area contributed by atoms with E-state index in [4.69, 9.17) is 4.74 Å². The lowest BCUT2D eigenvalue weighted by Crippen LogP contribution is -2.41. The molecular weight excluding hydrogens is 330 g/mol. The van der Waals surface area contributed by atoms with Crippen molar-refractivity contribution in [3.8, 4) is 0 Å². The van der Waals surface area contributed by atoms with E-state index in [9.17, 15) is 17.8 Å². The maximum atomic E-state index is 11.9. The molecule has 0 aromatic carbocycles. The molecular formula is C17H32NO5S-. The van der Waals surface area contributed by atoms with Gasteiger partial charge in [-0.05, 0) is 19.3 Å². The third-order valence-electron chi connectivity index (χ3n) is 4.41. The first kappa shape index (κ1) is 21.4. The zero-order chi connectivity index (χ0) is 17.8. The Morgan fingerprint density at radius 3 is 2.46 bits per heavy atom. The molecule has 0 aromatic rings. The Morgan fingerprint density at radius 1 is 1.17 bits per heavy atom. The lowest BCUT2D eigenvalue weighted by atomic mass is 9.95. The monoisotopic (exact) mass is 362 g/mol. The van der Waals surface area contributed by atoms with Crippen molar-refractivity contribution in [2.45, 2.75) is 89.7 Å². The second-order valence-corrected chi connectivity index (χ2v) is 8.19. The van der Waals surface area contributed by atoms with Gasteiger partial charge in [0.15, 0.2) is 0 Å². The van der Waals surface area contributed by atoms with Crippen molar-refractivity contribution in [2.75, 3.05) is 12.3 Å². The summed E-state index contributed by atoms with van der Waals surface area (Å²) in [6.07, 6.45) is 10.1. The average Bonchev–Trinajstić information content (AvgIpc) is 2.52. The number of hydrogen-bond acceptors (Lipinski definition) is 6. The molecule has 1 atom stereocenters. The fourth-order valence-corrected chi connectivity index (χ4v) is 3.73. The van der Waals surface area contributed by atoms with Crippen molar-refractivity contribution in [1.82, 2.24) is 5.32 Å². The molecule has 1 N–H and O–H groups in total. The van der Waals surface area contributed by atoms with Crippen LogP contribution >= 0.6 is 0 Å². The van der Waals surface area contributed by atoms with Gasteiger partial charge in [-0.3, -0.25) is 4.79 Å². The van der Waals surface area contributed by atoms with Crippen molar-refractivity contribution < 1.29 is 22.5 Å². The van der Waals surface area contributed by atoms with E-state index in [1.54, 1.807) is 0 Å². The highest BCUT2D eigenvalue weighted by Gasteiger charge is 2.20. The summed E-state index contributed by atoms with van der Waals surface area (Å²) < 4.78 is 38.3. The van der Waals surface area contributed by atoms with Gasteiger partial charge in [0.1, 0.15) is 6.10 Å². The molecule has 0 amide bonds. The van der Waals surface area contributed by atoms with E-state index in [0.29, 0.717) is 6.04 Å². The highest BCUT2D eigenvalue weighted by molar-refractivity contribution is 7.85. The van der Waals surface area contributed by atoms with Gasteiger partial charge in [0.2, 0.25) is 0 Å². The summed E-state index contributed by atoms with van der Waals surface area (Å²) in [5, 5.41) is 3.25. The van der Waals surface area contributed by atoms with E-state index >= 15 is 0 Å². The molecule has 6 nitrogen and oxygen atoms in total. The predicted molar refractivity (Wildman–Crippen MR) is 92.7 cm³/mol. The number of carbonyl (C=O) groups excluding carboxylic acids is 1. The summed E-state index contributed by atoms with van der Waals surface area (Å²) >= 11 is 0. The number of carbonyl (C=O) groups is 1. The number of hydrogen-bond donors (Lipinski definition) is 1. The molecule has 1 fully saturated rings. The van der Waals surface area contributed by atoms with Crippen LogP contribution in [0.2, 0.25) is 0 Å². The minimum atomic E-state index is -4.42. The van der Waals surface area contributed by atoms with E-state index in [1.165, 1.54) is 6.42 Å². The minimum Gasteiger partial charge on any atom is -0.748 e. The highest BCUT2D eigenvalue weighted by Crippen LogP contribution is 2.17. The third-order valence-corrected chi connectivity index (χ3v) is 5.19. The highest BCUT2D eigenvalue weighted by atomic mass is 32.2. The molecule has 0 aliphatic heterocycles. The van der Waals surface area contributed by atoms with E-state index < -0.39 is 27.9 Å². The fourth-order valence-electron chi connectivity index (χ4n) is 3.08. The molecule has 24 heavy (non-hydrogen) atoms. The van der Waals surface area contributed by atoms with Gasteiger partial charge in [-0.1, -0.05) is 51.9 Å². The van der Waals surface area contributed by atoms with Crippen molar-refractivity contribution in [3.63, 3.8) is 0 Å². The Kier molecular flexibility index (Phi) is 10.5. The molecule has 0 heterocycles. The fraction of sp³-hybridized carbons (Fsp3) is 0.941. The van der Waals surface area contributed by atoms with Crippen molar-refractivity contribution in [2.24, 2.45) is 0 Å². The molecule has 1 aliphatic rings. The number of ether oxygens (including phenoxy) is 1. The SMILES string of the molecule is CCCCCCCC(=O)OC(CNC1CCCCC1)CS(=O)(=O)[O-]. The van der Waals surface area contributed by atoms with Gasteiger partial charge in [-0.25, -0.2) is 8.42 Å². The second kappa shape index (κ2) is 11.8. The van der Waals surface area contributed by atoms with Gasteiger partial charge >= 0.3 is 5.97 Å². The van der Waals surface area contributed by atoms with Gasteiger partial charge in [0.05, 0.1) is 15.9 Å². The topological polar surface area (TPSA) is 95.5 Å². The van der Waals surface area contributed by atoms with Crippen LogP contribution in [0.4, 0.5) is 0 Å². The van der Waals surface area contributed by atoms with Crippen LogP contribution in [-0.4, -0.2) is 43.4 Å². The first-order valence-corrected chi connectivity index (χ1v) is 10.8. The van der Waals surface area contributed by atoms with Crippen molar-refractivity contribution in [3.05, 3.63) is 0 Å². The van der Waals surface area contributed by atoms with Crippen LogP contribution in [0.15, 0.2) is 0 Å². The van der Waals surface area contributed by atoms with E-state index in [1.807, 2.05) is 0 Å². The van der Waals surface area contributed by atoms with E-state index in [-0.39, 0.29) is 13.0 Å². The maximum absolute atomic E-state index is 11.9. The smallest absolute Gasteiger partial charge is 0.306 e. The summed E-state index contributed by atoms with van der Waals surface area (Å²) in [5.74, 6) is -1.07. The Balaban J connectivity index is 2.35. The lowest BCUT2D eigenvalue weighted by Gasteiger charge is -2.26. The number of unbranched alkanes of at least 4 members (excludes halogenated alkanes) is 4. The molecule has 0 radical (unpaired) electrons. The van der Waals surface area contributed by atoms with Gasteiger partial charge in [0, 0.05) is 19.0 Å². The van der Waals surface area contributed by atoms with Gasteiger partial charge < -0.3 is 14.6 Å². The second-order valence-electron chi connectivity index (χ2n) is 6.74. The standard InChI is InChI=1S/C17H33NO5S/c1-2-3-4-5-9-12-17(19)23-16(14-24(20,21)22)13-18-15-10-7-6-8-11-15/h15-16,18H,2-14H2,1H3,(H,20,21,22)/p-1.